The Kier molecular flexibility index (Phi) is 6.40. The molecule has 0 aromatic heterocycles. The topological polar surface area (TPSA) is 29.5 Å². The summed E-state index contributed by atoms with van der Waals surface area (Å²) in [5.41, 5.74) is 1.84. The molecule has 0 spiro atoms. The van der Waals surface area contributed by atoms with E-state index in [0.29, 0.717) is 0 Å². The van der Waals surface area contributed by atoms with Gasteiger partial charge in [0, 0.05) is 34.9 Å². The van der Waals surface area contributed by atoms with Gasteiger partial charge in [0.25, 0.3) is 5.91 Å². The molecule has 0 radical (unpaired) electrons. The zero-order valence-corrected chi connectivity index (χ0v) is 15.6. The lowest BCUT2D eigenvalue weighted by molar-refractivity contribution is 0.0761. The summed E-state index contributed by atoms with van der Waals surface area (Å²) in [5, 5.41) is 0. The van der Waals surface area contributed by atoms with Crippen molar-refractivity contribution in [3.63, 3.8) is 0 Å². The molecule has 0 aliphatic carbocycles. The predicted molar refractivity (Wildman–Crippen MR) is 103 cm³/mol. The Labute approximate surface area is 154 Å². The first-order chi connectivity index (χ1) is 12.3. The smallest absolute Gasteiger partial charge is 0.253 e. The van der Waals surface area contributed by atoms with Crippen LogP contribution in [0.25, 0.3) is 0 Å². The van der Waals surface area contributed by atoms with Crippen LogP contribution >= 0.6 is 11.8 Å². The number of amides is 1. The van der Waals surface area contributed by atoms with E-state index < -0.39 is 0 Å². The van der Waals surface area contributed by atoms with Crippen molar-refractivity contribution in [2.45, 2.75) is 36.3 Å². The molecule has 3 rings (SSSR count). The zero-order chi connectivity index (χ0) is 17.5. The van der Waals surface area contributed by atoms with E-state index >= 15 is 0 Å². The fraction of sp³-hybridized carbons (Fsp3) is 0.381. The van der Waals surface area contributed by atoms with Crippen molar-refractivity contribution in [1.82, 2.24) is 4.90 Å². The van der Waals surface area contributed by atoms with Crippen LogP contribution in [0.2, 0.25) is 0 Å². The average Bonchev–Trinajstić information content (AvgIpc) is 2.96. The van der Waals surface area contributed by atoms with Crippen molar-refractivity contribution >= 4 is 17.7 Å². The normalized spacial score (nSPS) is 14.8. The van der Waals surface area contributed by atoms with Crippen LogP contribution in [-0.2, 0) is 5.75 Å². The third-order valence-electron chi connectivity index (χ3n) is 4.56. The molecule has 1 saturated heterocycles. The van der Waals surface area contributed by atoms with Crippen LogP contribution in [0.5, 0.6) is 5.75 Å². The molecule has 0 N–H and O–H groups in total. The van der Waals surface area contributed by atoms with Crippen LogP contribution in [0, 0.1) is 0 Å². The lowest BCUT2D eigenvalue weighted by atomic mass is 10.1. The molecular formula is C21H25NO2S. The molecule has 1 aliphatic heterocycles. The van der Waals surface area contributed by atoms with E-state index in [0.717, 1.165) is 48.6 Å². The zero-order valence-electron chi connectivity index (χ0n) is 14.7. The third kappa shape index (κ3) is 4.79. The van der Waals surface area contributed by atoms with Gasteiger partial charge < -0.3 is 9.64 Å². The van der Waals surface area contributed by atoms with E-state index in [-0.39, 0.29) is 5.91 Å². The monoisotopic (exact) mass is 355 g/mol. The summed E-state index contributed by atoms with van der Waals surface area (Å²) in [6.07, 6.45) is 4.67. The van der Waals surface area contributed by atoms with Gasteiger partial charge in [0.2, 0.25) is 0 Å². The van der Waals surface area contributed by atoms with E-state index in [1.807, 2.05) is 41.3 Å². The van der Waals surface area contributed by atoms with Crippen LogP contribution in [-0.4, -0.2) is 31.0 Å². The van der Waals surface area contributed by atoms with Gasteiger partial charge >= 0.3 is 0 Å². The number of methoxy groups -OCH3 is 1. The second kappa shape index (κ2) is 8.95. The third-order valence-corrected chi connectivity index (χ3v) is 5.62. The number of hydrogen-bond acceptors (Lipinski definition) is 3. The number of ether oxygens (including phenoxy) is 1. The maximum absolute atomic E-state index is 12.9. The molecule has 0 unspecified atom stereocenters. The van der Waals surface area contributed by atoms with Crippen molar-refractivity contribution in [2.75, 3.05) is 20.2 Å². The van der Waals surface area contributed by atoms with Gasteiger partial charge in [-0.25, -0.2) is 0 Å². The standard InChI is InChI=1S/C21H25NO2S/c1-24-20-12-11-17(21(23)22-13-7-2-3-8-14-22)15-18(20)16-25-19-9-5-4-6-10-19/h4-6,9-12,15H,2-3,7-8,13-14,16H2,1H3. The van der Waals surface area contributed by atoms with E-state index in [2.05, 4.69) is 12.1 Å². The number of hydrogen-bond donors (Lipinski definition) is 0. The SMILES string of the molecule is COc1ccc(C(=O)N2CCCCCC2)cc1CSc1ccccc1. The number of rotatable bonds is 5. The van der Waals surface area contributed by atoms with E-state index in [4.69, 9.17) is 4.74 Å². The first-order valence-electron chi connectivity index (χ1n) is 8.92. The number of nitrogens with zero attached hydrogens (tertiary/aromatic N) is 1. The molecule has 0 saturated carbocycles. The van der Waals surface area contributed by atoms with Gasteiger partial charge in [0.15, 0.2) is 0 Å². The van der Waals surface area contributed by atoms with Gasteiger partial charge in [0.05, 0.1) is 7.11 Å². The number of carbonyl (C=O) groups is 1. The highest BCUT2D eigenvalue weighted by atomic mass is 32.2. The second-order valence-electron chi connectivity index (χ2n) is 6.33. The minimum absolute atomic E-state index is 0.149. The van der Waals surface area contributed by atoms with Crippen LogP contribution in [0.4, 0.5) is 0 Å². The highest BCUT2D eigenvalue weighted by Crippen LogP contribution is 2.29. The molecule has 4 heteroatoms. The number of carbonyl (C=O) groups excluding carboxylic acids is 1. The quantitative estimate of drug-likeness (QED) is 0.707. The molecule has 2 aromatic carbocycles. The van der Waals surface area contributed by atoms with Crippen LogP contribution in [0.3, 0.4) is 0 Å². The van der Waals surface area contributed by atoms with Crippen molar-refractivity contribution in [2.24, 2.45) is 0 Å². The molecule has 25 heavy (non-hydrogen) atoms. The van der Waals surface area contributed by atoms with Crippen molar-refractivity contribution in [3.05, 3.63) is 59.7 Å². The molecule has 1 amide bonds. The second-order valence-corrected chi connectivity index (χ2v) is 7.38. The largest absolute Gasteiger partial charge is 0.496 e. The van der Waals surface area contributed by atoms with Crippen molar-refractivity contribution in [1.29, 1.82) is 0 Å². The van der Waals surface area contributed by atoms with Gasteiger partial charge in [-0.05, 0) is 43.2 Å². The molecule has 0 bridgehead atoms. The number of benzene rings is 2. The van der Waals surface area contributed by atoms with E-state index in [1.165, 1.54) is 17.7 Å². The maximum Gasteiger partial charge on any atom is 0.253 e. The summed E-state index contributed by atoms with van der Waals surface area (Å²) in [6, 6.07) is 16.1. The Balaban J connectivity index is 1.75. The maximum atomic E-state index is 12.9. The van der Waals surface area contributed by atoms with Gasteiger partial charge in [-0.15, -0.1) is 11.8 Å². The molecule has 1 heterocycles. The summed E-state index contributed by atoms with van der Waals surface area (Å²) in [5.74, 6) is 1.78. The highest BCUT2D eigenvalue weighted by Gasteiger charge is 2.18. The van der Waals surface area contributed by atoms with Gasteiger partial charge in [0.1, 0.15) is 5.75 Å². The molecule has 1 fully saturated rings. The predicted octanol–water partition coefficient (Wildman–Crippen LogP) is 5.00. The molecule has 0 atom stereocenters. The molecule has 3 nitrogen and oxygen atoms in total. The van der Waals surface area contributed by atoms with Gasteiger partial charge in [-0.2, -0.15) is 0 Å². The minimum Gasteiger partial charge on any atom is -0.496 e. The molecular weight excluding hydrogens is 330 g/mol. The summed E-state index contributed by atoms with van der Waals surface area (Å²) in [6.45, 7) is 1.75. The summed E-state index contributed by atoms with van der Waals surface area (Å²) in [4.78, 5) is 16.1. The van der Waals surface area contributed by atoms with Crippen LogP contribution in [0.15, 0.2) is 53.4 Å². The first kappa shape index (κ1) is 17.9. The van der Waals surface area contributed by atoms with E-state index in [9.17, 15) is 4.79 Å². The minimum atomic E-state index is 0.149. The summed E-state index contributed by atoms with van der Waals surface area (Å²) >= 11 is 1.76. The van der Waals surface area contributed by atoms with Crippen LogP contribution in [0.1, 0.15) is 41.6 Å². The Morgan fingerprint density at radius 2 is 1.76 bits per heavy atom. The van der Waals surface area contributed by atoms with Crippen molar-refractivity contribution in [3.8, 4) is 5.75 Å². The fourth-order valence-corrected chi connectivity index (χ4v) is 4.06. The van der Waals surface area contributed by atoms with Gasteiger partial charge in [-0.3, -0.25) is 4.79 Å². The van der Waals surface area contributed by atoms with Gasteiger partial charge in [-0.1, -0.05) is 31.0 Å². The molecule has 2 aromatic rings. The lowest BCUT2D eigenvalue weighted by Gasteiger charge is -2.21. The number of likely N-dealkylation sites (tertiary alicyclic amines) is 1. The first-order valence-corrected chi connectivity index (χ1v) is 9.90. The molecule has 132 valence electrons. The average molecular weight is 356 g/mol. The Morgan fingerprint density at radius 3 is 2.44 bits per heavy atom. The number of thioether (sulfide) groups is 1. The lowest BCUT2D eigenvalue weighted by Crippen LogP contribution is -2.31. The summed E-state index contributed by atoms with van der Waals surface area (Å²) in [7, 11) is 1.68. The Bertz CT molecular complexity index is 694. The fourth-order valence-electron chi connectivity index (χ4n) is 3.16. The van der Waals surface area contributed by atoms with Crippen LogP contribution < -0.4 is 4.74 Å². The Hall–Kier alpha value is -1.94. The Morgan fingerprint density at radius 1 is 1.04 bits per heavy atom. The van der Waals surface area contributed by atoms with Crippen molar-refractivity contribution < 1.29 is 9.53 Å². The summed E-state index contributed by atoms with van der Waals surface area (Å²) < 4.78 is 5.50. The van der Waals surface area contributed by atoms with E-state index in [1.54, 1.807) is 18.9 Å². The molecule has 1 aliphatic rings. The highest BCUT2D eigenvalue weighted by molar-refractivity contribution is 7.98.